The lowest BCUT2D eigenvalue weighted by Crippen LogP contribution is -2.51. The van der Waals surface area contributed by atoms with Crippen molar-refractivity contribution in [3.05, 3.63) is 35.4 Å². The first-order chi connectivity index (χ1) is 18.2. The summed E-state index contributed by atoms with van der Waals surface area (Å²) in [6, 6.07) is 2.13. The third-order valence-electron chi connectivity index (χ3n) is 6.14. The molecule has 1 saturated heterocycles. The van der Waals surface area contributed by atoms with E-state index in [2.05, 4.69) is 25.5 Å². The van der Waals surface area contributed by atoms with Gasteiger partial charge in [0.25, 0.3) is 0 Å². The molecule has 0 saturated carbocycles. The van der Waals surface area contributed by atoms with E-state index in [1.165, 1.54) is 28.4 Å². The van der Waals surface area contributed by atoms with Crippen LogP contribution in [-0.2, 0) is 4.74 Å². The maximum absolute atomic E-state index is 15.2. The van der Waals surface area contributed by atoms with Gasteiger partial charge in [-0.2, -0.15) is 0 Å². The van der Waals surface area contributed by atoms with Gasteiger partial charge in [0.15, 0.2) is 16.6 Å². The number of rotatable bonds is 7. The average Bonchev–Trinajstić information content (AvgIpc) is 3.41. The van der Waals surface area contributed by atoms with E-state index in [9.17, 15) is 9.90 Å². The molecule has 2 unspecified atom stereocenters. The van der Waals surface area contributed by atoms with Gasteiger partial charge in [0.05, 0.1) is 17.2 Å². The molecular formula is C26H32ClFN6O4S. The van der Waals surface area contributed by atoms with Crippen LogP contribution in [0.4, 0.5) is 15.1 Å². The zero-order valence-electron chi connectivity index (χ0n) is 22.8. The number of carbonyl (C=O) groups is 1. The molecule has 0 aliphatic carbocycles. The molecule has 0 bridgehead atoms. The second-order valence-corrected chi connectivity index (χ2v) is 12.5. The van der Waals surface area contributed by atoms with Gasteiger partial charge in [-0.1, -0.05) is 43.7 Å². The molecule has 2 N–H and O–H groups in total. The van der Waals surface area contributed by atoms with Gasteiger partial charge in [-0.3, -0.25) is 4.90 Å². The summed E-state index contributed by atoms with van der Waals surface area (Å²) in [6.45, 7) is 13.1. The first-order valence-corrected chi connectivity index (χ1v) is 13.6. The highest BCUT2D eigenvalue weighted by Gasteiger charge is 2.54. The summed E-state index contributed by atoms with van der Waals surface area (Å²) in [6.07, 6.45) is 1.67. The first kappa shape index (κ1) is 28.9. The van der Waals surface area contributed by atoms with E-state index in [0.717, 1.165) is 0 Å². The Morgan fingerprint density at radius 1 is 1.26 bits per heavy atom. The van der Waals surface area contributed by atoms with Crippen molar-refractivity contribution in [3.63, 3.8) is 0 Å². The van der Waals surface area contributed by atoms with E-state index in [-0.39, 0.29) is 28.8 Å². The summed E-state index contributed by atoms with van der Waals surface area (Å²) in [5, 5.41) is 22.5. The number of halogens is 2. The lowest BCUT2D eigenvalue weighted by atomic mass is 9.85. The number of hydrogen-bond donors (Lipinski definition) is 2. The summed E-state index contributed by atoms with van der Waals surface area (Å²) in [5.41, 5.74) is -0.428. The van der Waals surface area contributed by atoms with Crippen LogP contribution >= 0.6 is 22.9 Å². The van der Waals surface area contributed by atoms with E-state index >= 15 is 4.39 Å². The van der Waals surface area contributed by atoms with Crippen LogP contribution in [0, 0.1) is 11.2 Å². The monoisotopic (exact) mass is 578 g/mol. The molecule has 3 aromatic rings. The van der Waals surface area contributed by atoms with Gasteiger partial charge in [0, 0.05) is 35.6 Å². The minimum Gasteiger partial charge on any atom is -0.488 e. The highest BCUT2D eigenvalue weighted by molar-refractivity contribution is 7.18. The van der Waals surface area contributed by atoms with Crippen molar-refractivity contribution in [2.75, 3.05) is 11.9 Å². The van der Waals surface area contributed by atoms with E-state index in [4.69, 9.17) is 21.1 Å². The molecular weight excluding hydrogens is 547 g/mol. The van der Waals surface area contributed by atoms with Crippen molar-refractivity contribution in [1.29, 1.82) is 0 Å². The Hall–Kier alpha value is -3.09. The fourth-order valence-corrected chi connectivity index (χ4v) is 5.61. The molecule has 1 amide bonds. The van der Waals surface area contributed by atoms with Crippen molar-refractivity contribution in [2.24, 2.45) is 5.41 Å². The molecule has 1 fully saturated rings. The Labute approximate surface area is 235 Å². The molecule has 0 radical (unpaired) electrons. The Balaban J connectivity index is 1.54. The van der Waals surface area contributed by atoms with Crippen molar-refractivity contribution < 1.29 is 23.8 Å². The van der Waals surface area contributed by atoms with Crippen LogP contribution in [0.2, 0.25) is 5.02 Å². The summed E-state index contributed by atoms with van der Waals surface area (Å²) in [5.74, 6) is -0.254. The molecule has 2 atom stereocenters. The predicted octanol–water partition coefficient (Wildman–Crippen LogP) is 6.18. The molecule has 13 heteroatoms. The minimum absolute atomic E-state index is 0.0992. The fraction of sp³-hybridized carbons (Fsp3) is 0.500. The topological polar surface area (TPSA) is 123 Å². The second kappa shape index (κ2) is 10.8. The number of carboxylic acid groups (broad SMARTS) is 1. The summed E-state index contributed by atoms with van der Waals surface area (Å²) >= 11 is 7.74. The maximum atomic E-state index is 15.2. The molecule has 210 valence electrons. The molecule has 1 aliphatic rings. The second-order valence-electron chi connectivity index (χ2n) is 11.2. The zero-order valence-corrected chi connectivity index (χ0v) is 24.4. The van der Waals surface area contributed by atoms with Crippen LogP contribution in [-0.4, -0.2) is 66.8 Å². The molecule has 39 heavy (non-hydrogen) atoms. The molecule has 1 aliphatic heterocycles. The van der Waals surface area contributed by atoms with Gasteiger partial charge in [-0.15, -0.1) is 10.2 Å². The van der Waals surface area contributed by atoms with Gasteiger partial charge < -0.3 is 19.9 Å². The van der Waals surface area contributed by atoms with Gasteiger partial charge in [-0.25, -0.2) is 19.2 Å². The number of aromatic nitrogens is 4. The summed E-state index contributed by atoms with van der Waals surface area (Å²) in [4.78, 5) is 21.9. The smallest absolute Gasteiger partial charge is 0.410 e. The molecule has 0 spiro atoms. The number of anilines is 1. The highest BCUT2D eigenvalue weighted by atomic mass is 35.5. The molecule has 3 heterocycles. The van der Waals surface area contributed by atoms with Crippen LogP contribution in [0.15, 0.2) is 24.5 Å². The number of ether oxygens (including phenoxy) is 2. The minimum atomic E-state index is -1.14. The zero-order chi connectivity index (χ0) is 28.7. The molecule has 10 nitrogen and oxygen atoms in total. The first-order valence-electron chi connectivity index (χ1n) is 12.4. The maximum Gasteiger partial charge on any atom is 0.410 e. The number of benzene rings is 1. The third-order valence-corrected chi connectivity index (χ3v) is 7.46. The lowest BCUT2D eigenvalue weighted by molar-refractivity contribution is -0.0925. The Morgan fingerprint density at radius 3 is 2.49 bits per heavy atom. The van der Waals surface area contributed by atoms with Crippen molar-refractivity contribution in [2.45, 2.75) is 72.4 Å². The predicted molar refractivity (Wildman–Crippen MR) is 148 cm³/mol. The van der Waals surface area contributed by atoms with Crippen molar-refractivity contribution in [3.8, 4) is 26.9 Å². The quantitative estimate of drug-likeness (QED) is 0.338. The van der Waals surface area contributed by atoms with Crippen molar-refractivity contribution in [1.82, 2.24) is 25.1 Å². The summed E-state index contributed by atoms with van der Waals surface area (Å²) in [7, 11) is 0. The van der Waals surface area contributed by atoms with Crippen LogP contribution in [0.25, 0.3) is 21.1 Å². The van der Waals surface area contributed by atoms with Crippen LogP contribution in [0.1, 0.15) is 48.5 Å². The van der Waals surface area contributed by atoms with E-state index in [0.29, 0.717) is 27.1 Å². The van der Waals surface area contributed by atoms with Crippen LogP contribution < -0.4 is 10.1 Å². The van der Waals surface area contributed by atoms with Gasteiger partial charge in [-0.05, 0) is 39.2 Å². The molecule has 1 aromatic carbocycles. The van der Waals surface area contributed by atoms with Crippen LogP contribution in [0.5, 0.6) is 5.75 Å². The Bertz CT molecular complexity index is 1350. The SMILES string of the molecule is CC(C)Nc1ncc(-c2nnc(-c3cc(F)c(OCC4C(C(C)(C)C)OC(C)(C)N4C(=O)O)cc3Cl)s2)cn1. The molecule has 2 aromatic heterocycles. The highest BCUT2D eigenvalue weighted by Crippen LogP contribution is 2.41. The van der Waals surface area contributed by atoms with Crippen LogP contribution in [0.3, 0.4) is 0 Å². The average molecular weight is 579 g/mol. The van der Waals surface area contributed by atoms with Crippen molar-refractivity contribution >= 4 is 35.0 Å². The van der Waals surface area contributed by atoms with Gasteiger partial charge >= 0.3 is 6.09 Å². The number of amides is 1. The molecule has 4 rings (SSSR count). The standard InChI is InChI=1S/C26H32ClFN6O4S/c1-13(2)31-23-29-10-14(11-30-23)21-32-33-22(39-21)15-8-17(28)19(9-16(15)27)37-12-18-20(25(3,4)5)38-26(6,7)34(18)24(35)36/h8-11,13,18,20H,12H2,1-7H3,(H,35,36)(H,29,30,31). The Kier molecular flexibility index (Phi) is 8.02. The van der Waals surface area contributed by atoms with E-state index in [1.807, 2.05) is 34.6 Å². The number of hydrogen-bond acceptors (Lipinski definition) is 9. The van der Waals surface area contributed by atoms with Gasteiger partial charge in [0.1, 0.15) is 17.3 Å². The normalized spacial score (nSPS) is 19.0. The largest absolute Gasteiger partial charge is 0.488 e. The fourth-order valence-electron chi connectivity index (χ4n) is 4.47. The Morgan fingerprint density at radius 2 is 1.90 bits per heavy atom. The number of nitrogens with zero attached hydrogens (tertiary/aromatic N) is 5. The van der Waals surface area contributed by atoms with E-state index < -0.39 is 29.8 Å². The third kappa shape index (κ3) is 6.23. The van der Waals surface area contributed by atoms with E-state index in [1.54, 1.807) is 26.2 Å². The number of nitrogens with one attached hydrogen (secondary N) is 1. The summed E-state index contributed by atoms with van der Waals surface area (Å²) < 4.78 is 27.1. The van der Waals surface area contributed by atoms with Gasteiger partial charge in [0.2, 0.25) is 5.95 Å². The lowest BCUT2D eigenvalue weighted by Gasteiger charge is -2.32.